The Morgan fingerprint density at radius 2 is 2.31 bits per heavy atom. The zero-order chi connectivity index (χ0) is 11.5. The van der Waals surface area contributed by atoms with Gasteiger partial charge in [-0.2, -0.15) is 5.10 Å². The van der Waals surface area contributed by atoms with Crippen LogP contribution in [-0.2, 0) is 6.54 Å². The number of aryl methyl sites for hydroxylation is 1. The first-order valence-electron chi connectivity index (χ1n) is 5.16. The van der Waals surface area contributed by atoms with E-state index in [0.29, 0.717) is 10.8 Å². The van der Waals surface area contributed by atoms with Gasteiger partial charge in [0.1, 0.15) is 5.82 Å². The summed E-state index contributed by atoms with van der Waals surface area (Å²) in [6, 6.07) is 3.74. The summed E-state index contributed by atoms with van der Waals surface area (Å²) in [6.07, 6.45) is 4.29. The van der Waals surface area contributed by atoms with Crippen molar-refractivity contribution in [2.75, 3.05) is 5.73 Å². The highest BCUT2D eigenvalue weighted by atomic mass is 35.5. The van der Waals surface area contributed by atoms with Crippen molar-refractivity contribution in [1.82, 2.24) is 14.8 Å². The van der Waals surface area contributed by atoms with Gasteiger partial charge >= 0.3 is 0 Å². The summed E-state index contributed by atoms with van der Waals surface area (Å²) < 4.78 is 1.86. The maximum Gasteiger partial charge on any atom is 0.132 e. The van der Waals surface area contributed by atoms with Crippen LogP contribution >= 0.6 is 11.6 Å². The monoisotopic (exact) mass is 236 g/mol. The highest BCUT2D eigenvalue weighted by molar-refractivity contribution is 6.33. The molecule has 84 valence electrons. The van der Waals surface area contributed by atoms with Gasteiger partial charge in [0.15, 0.2) is 0 Å². The van der Waals surface area contributed by atoms with Crippen LogP contribution in [0, 0.1) is 0 Å². The summed E-state index contributed by atoms with van der Waals surface area (Å²) in [4.78, 5) is 4.06. The van der Waals surface area contributed by atoms with Gasteiger partial charge in [-0.15, -0.1) is 0 Å². The smallest absolute Gasteiger partial charge is 0.132 e. The van der Waals surface area contributed by atoms with Crippen molar-refractivity contribution >= 4 is 17.4 Å². The Morgan fingerprint density at radius 1 is 1.50 bits per heavy atom. The average molecular weight is 237 g/mol. The Kier molecular flexibility index (Phi) is 3.10. The fourth-order valence-corrected chi connectivity index (χ4v) is 1.87. The number of nitrogen functional groups attached to an aromatic ring is 1. The fraction of sp³-hybridized carbons (Fsp3) is 0.273. The van der Waals surface area contributed by atoms with Crippen LogP contribution < -0.4 is 5.73 Å². The van der Waals surface area contributed by atoms with Crippen LogP contribution in [0.1, 0.15) is 13.3 Å². The molecule has 0 spiro atoms. The van der Waals surface area contributed by atoms with Gasteiger partial charge in [-0.3, -0.25) is 4.68 Å². The standard InChI is InChI=1S/C11H13ClN4/c1-2-6-16-10(9(12)7-15-16)8-4-3-5-14-11(8)13/h3-5,7H,2,6H2,1H3,(H2,13,14). The van der Waals surface area contributed by atoms with Crippen LogP contribution in [0.4, 0.5) is 5.82 Å². The predicted octanol–water partition coefficient (Wildman–Crippen LogP) is 2.59. The van der Waals surface area contributed by atoms with E-state index >= 15 is 0 Å². The number of nitrogens with zero attached hydrogens (tertiary/aromatic N) is 3. The van der Waals surface area contributed by atoms with Gasteiger partial charge < -0.3 is 5.73 Å². The summed E-state index contributed by atoms with van der Waals surface area (Å²) in [6.45, 7) is 2.91. The Hall–Kier alpha value is -1.55. The van der Waals surface area contributed by atoms with Crippen molar-refractivity contribution in [3.63, 3.8) is 0 Å². The Morgan fingerprint density at radius 3 is 3.00 bits per heavy atom. The first-order chi connectivity index (χ1) is 7.74. The topological polar surface area (TPSA) is 56.7 Å². The molecule has 4 nitrogen and oxygen atoms in total. The van der Waals surface area contributed by atoms with E-state index in [2.05, 4.69) is 17.0 Å². The minimum Gasteiger partial charge on any atom is -0.383 e. The number of nitrogens with two attached hydrogens (primary N) is 1. The summed E-state index contributed by atoms with van der Waals surface area (Å²) in [7, 11) is 0. The van der Waals surface area contributed by atoms with E-state index in [1.165, 1.54) is 0 Å². The molecule has 0 bridgehead atoms. The number of pyridine rings is 1. The van der Waals surface area contributed by atoms with Gasteiger partial charge in [0, 0.05) is 18.3 Å². The van der Waals surface area contributed by atoms with Gasteiger partial charge in [0.05, 0.1) is 16.9 Å². The third-order valence-electron chi connectivity index (χ3n) is 2.32. The van der Waals surface area contributed by atoms with Crippen LogP contribution in [0.15, 0.2) is 24.5 Å². The van der Waals surface area contributed by atoms with Gasteiger partial charge in [-0.25, -0.2) is 4.98 Å². The molecular weight excluding hydrogens is 224 g/mol. The minimum absolute atomic E-state index is 0.474. The van der Waals surface area contributed by atoms with Crippen molar-refractivity contribution in [1.29, 1.82) is 0 Å². The average Bonchev–Trinajstić information content (AvgIpc) is 2.62. The van der Waals surface area contributed by atoms with E-state index in [1.54, 1.807) is 12.4 Å². The van der Waals surface area contributed by atoms with Crippen molar-refractivity contribution < 1.29 is 0 Å². The molecule has 0 aliphatic heterocycles. The summed E-state index contributed by atoms with van der Waals surface area (Å²) in [5, 5.41) is 4.83. The summed E-state index contributed by atoms with van der Waals surface area (Å²) >= 11 is 6.12. The molecule has 0 unspecified atom stereocenters. The van der Waals surface area contributed by atoms with Crippen LogP contribution in [0.25, 0.3) is 11.3 Å². The van der Waals surface area contributed by atoms with Crippen LogP contribution in [0.3, 0.4) is 0 Å². The van der Waals surface area contributed by atoms with Gasteiger partial charge in [0.25, 0.3) is 0 Å². The molecule has 0 aliphatic carbocycles. The number of anilines is 1. The molecule has 16 heavy (non-hydrogen) atoms. The molecule has 0 fully saturated rings. The lowest BCUT2D eigenvalue weighted by Gasteiger charge is -2.08. The van der Waals surface area contributed by atoms with Gasteiger partial charge in [-0.1, -0.05) is 18.5 Å². The third kappa shape index (κ3) is 1.88. The second-order valence-electron chi connectivity index (χ2n) is 3.50. The van der Waals surface area contributed by atoms with Gasteiger partial charge in [0.2, 0.25) is 0 Å². The Labute approximate surface area is 99.1 Å². The molecule has 5 heteroatoms. The van der Waals surface area contributed by atoms with E-state index in [-0.39, 0.29) is 0 Å². The lowest BCUT2D eigenvalue weighted by atomic mass is 10.2. The highest BCUT2D eigenvalue weighted by Crippen LogP contribution is 2.30. The van der Waals surface area contributed by atoms with E-state index in [0.717, 1.165) is 24.2 Å². The number of aromatic nitrogens is 3. The molecule has 0 saturated carbocycles. The number of halogens is 1. The minimum atomic E-state index is 0.474. The Bertz CT molecular complexity index is 492. The largest absolute Gasteiger partial charge is 0.383 e. The lowest BCUT2D eigenvalue weighted by Crippen LogP contribution is -2.03. The molecule has 2 rings (SSSR count). The molecule has 0 atom stereocenters. The second-order valence-corrected chi connectivity index (χ2v) is 3.91. The van der Waals surface area contributed by atoms with Gasteiger partial charge in [-0.05, 0) is 18.6 Å². The normalized spacial score (nSPS) is 10.6. The van der Waals surface area contributed by atoms with Crippen LogP contribution in [0.5, 0.6) is 0 Å². The summed E-state index contributed by atoms with van der Waals surface area (Å²) in [5.41, 5.74) is 7.51. The molecule has 2 aromatic heterocycles. The molecule has 0 radical (unpaired) electrons. The third-order valence-corrected chi connectivity index (χ3v) is 2.60. The molecule has 0 aromatic carbocycles. The molecule has 2 aromatic rings. The summed E-state index contributed by atoms with van der Waals surface area (Å²) in [5.74, 6) is 0.474. The second kappa shape index (κ2) is 4.53. The van der Waals surface area contributed by atoms with E-state index in [9.17, 15) is 0 Å². The number of hydrogen-bond acceptors (Lipinski definition) is 3. The van der Waals surface area contributed by atoms with Crippen molar-refractivity contribution in [2.45, 2.75) is 19.9 Å². The van der Waals surface area contributed by atoms with Crippen molar-refractivity contribution in [3.8, 4) is 11.3 Å². The quantitative estimate of drug-likeness (QED) is 0.891. The number of hydrogen-bond donors (Lipinski definition) is 1. The molecule has 0 amide bonds. The van der Waals surface area contributed by atoms with Crippen molar-refractivity contribution in [2.24, 2.45) is 0 Å². The van der Waals surface area contributed by atoms with Crippen molar-refractivity contribution in [3.05, 3.63) is 29.5 Å². The molecule has 2 N–H and O–H groups in total. The number of rotatable bonds is 3. The fourth-order valence-electron chi connectivity index (χ4n) is 1.63. The maximum absolute atomic E-state index is 6.12. The molecule has 0 aliphatic rings. The maximum atomic E-state index is 6.12. The predicted molar refractivity (Wildman–Crippen MR) is 65.2 cm³/mol. The first-order valence-corrected chi connectivity index (χ1v) is 5.54. The van der Waals surface area contributed by atoms with Crippen LogP contribution in [0.2, 0.25) is 5.02 Å². The first kappa shape index (κ1) is 11.0. The molecule has 2 heterocycles. The Balaban J connectivity index is 2.54. The van der Waals surface area contributed by atoms with E-state index < -0.39 is 0 Å². The zero-order valence-electron chi connectivity index (χ0n) is 9.02. The van der Waals surface area contributed by atoms with E-state index in [1.807, 2.05) is 16.8 Å². The zero-order valence-corrected chi connectivity index (χ0v) is 9.78. The molecular formula is C11H13ClN4. The highest BCUT2D eigenvalue weighted by Gasteiger charge is 2.13. The molecule has 0 saturated heterocycles. The SMILES string of the molecule is CCCn1ncc(Cl)c1-c1cccnc1N. The van der Waals surface area contributed by atoms with Crippen LogP contribution in [-0.4, -0.2) is 14.8 Å². The van der Waals surface area contributed by atoms with E-state index in [4.69, 9.17) is 17.3 Å². The lowest BCUT2D eigenvalue weighted by molar-refractivity contribution is 0.609.